The minimum Gasteiger partial charge on any atom is -0.461 e. The van der Waals surface area contributed by atoms with Crippen LogP contribution < -0.4 is 10.6 Å². The average molecular weight is 267 g/mol. The number of carbonyl (C=O) groups excluding carboxylic acids is 2. The van der Waals surface area contributed by atoms with Gasteiger partial charge >= 0.3 is 5.97 Å². The third-order valence-corrected chi connectivity index (χ3v) is 2.64. The van der Waals surface area contributed by atoms with Gasteiger partial charge < -0.3 is 19.8 Å². The van der Waals surface area contributed by atoms with Gasteiger partial charge in [0.25, 0.3) is 6.01 Å². The van der Waals surface area contributed by atoms with Crippen molar-refractivity contribution in [1.29, 1.82) is 0 Å². The van der Waals surface area contributed by atoms with Gasteiger partial charge in [-0.2, -0.15) is 4.98 Å². The second-order valence-corrected chi connectivity index (χ2v) is 4.25. The Bertz CT molecular complexity index is 454. The molecule has 0 saturated heterocycles. The molecule has 0 bridgehead atoms. The molecule has 1 aliphatic rings. The Morgan fingerprint density at radius 3 is 2.95 bits per heavy atom. The summed E-state index contributed by atoms with van der Waals surface area (Å²) in [7, 11) is 0. The molecule has 1 heterocycles. The van der Waals surface area contributed by atoms with Crippen molar-refractivity contribution in [3.63, 3.8) is 0 Å². The molecule has 0 atom stereocenters. The van der Waals surface area contributed by atoms with Crippen LogP contribution in [0.4, 0.5) is 6.01 Å². The van der Waals surface area contributed by atoms with Crippen molar-refractivity contribution in [1.82, 2.24) is 10.3 Å². The second-order valence-electron chi connectivity index (χ2n) is 4.25. The van der Waals surface area contributed by atoms with Gasteiger partial charge in [-0.3, -0.25) is 4.79 Å². The fourth-order valence-electron chi connectivity index (χ4n) is 1.50. The molecular formula is C12H17N3O4. The van der Waals surface area contributed by atoms with E-state index in [2.05, 4.69) is 15.6 Å². The summed E-state index contributed by atoms with van der Waals surface area (Å²) in [6.45, 7) is 3.00. The van der Waals surface area contributed by atoms with Crippen LogP contribution in [0.2, 0.25) is 0 Å². The number of carbonyl (C=O) groups is 2. The zero-order valence-electron chi connectivity index (χ0n) is 10.8. The second kappa shape index (κ2) is 6.21. The van der Waals surface area contributed by atoms with E-state index in [1.54, 1.807) is 6.92 Å². The van der Waals surface area contributed by atoms with Crippen LogP contribution in [0.25, 0.3) is 0 Å². The number of aromatic nitrogens is 1. The van der Waals surface area contributed by atoms with E-state index in [9.17, 15) is 9.59 Å². The Morgan fingerprint density at radius 1 is 1.47 bits per heavy atom. The van der Waals surface area contributed by atoms with Crippen LogP contribution in [-0.4, -0.2) is 36.6 Å². The lowest BCUT2D eigenvalue weighted by Crippen LogP contribution is -2.29. The molecule has 1 aliphatic carbocycles. The van der Waals surface area contributed by atoms with E-state index in [1.165, 1.54) is 6.26 Å². The number of ether oxygens (including phenoxy) is 1. The van der Waals surface area contributed by atoms with Gasteiger partial charge in [0.1, 0.15) is 6.26 Å². The lowest BCUT2D eigenvalue weighted by Gasteiger charge is -2.03. The first-order chi connectivity index (χ1) is 9.20. The van der Waals surface area contributed by atoms with E-state index in [0.717, 1.165) is 12.8 Å². The van der Waals surface area contributed by atoms with Crippen LogP contribution in [0.3, 0.4) is 0 Å². The Balaban J connectivity index is 1.68. The molecule has 0 aliphatic heterocycles. The maximum atomic E-state index is 11.3. The predicted octanol–water partition coefficient (Wildman–Crippen LogP) is 0.789. The van der Waals surface area contributed by atoms with Crippen molar-refractivity contribution in [3.05, 3.63) is 12.0 Å². The summed E-state index contributed by atoms with van der Waals surface area (Å²) in [5.74, 6) is -0.208. The highest BCUT2D eigenvalue weighted by atomic mass is 16.5. The van der Waals surface area contributed by atoms with E-state index in [-0.39, 0.29) is 23.5 Å². The number of nitrogens with zero attached hydrogens (tertiary/aromatic N) is 1. The highest BCUT2D eigenvalue weighted by Gasteiger charge is 2.28. The summed E-state index contributed by atoms with van der Waals surface area (Å²) in [4.78, 5) is 26.6. The Labute approximate surface area is 110 Å². The number of hydrogen-bond donors (Lipinski definition) is 2. The SMILES string of the molecule is CCOC(=O)c1coc(NCCNC(=O)C2CC2)n1. The number of esters is 1. The van der Waals surface area contributed by atoms with Crippen LogP contribution in [-0.2, 0) is 9.53 Å². The molecule has 0 aromatic carbocycles. The summed E-state index contributed by atoms with van der Waals surface area (Å²) < 4.78 is 9.85. The van der Waals surface area contributed by atoms with Crippen molar-refractivity contribution < 1.29 is 18.7 Å². The summed E-state index contributed by atoms with van der Waals surface area (Å²) in [5, 5.41) is 5.68. The number of anilines is 1. The molecule has 1 amide bonds. The van der Waals surface area contributed by atoms with Crippen molar-refractivity contribution in [2.45, 2.75) is 19.8 Å². The molecule has 0 radical (unpaired) electrons. The average Bonchev–Trinajstić information content (AvgIpc) is 3.14. The molecule has 1 aromatic heterocycles. The van der Waals surface area contributed by atoms with E-state index >= 15 is 0 Å². The van der Waals surface area contributed by atoms with Crippen LogP contribution in [0.5, 0.6) is 0 Å². The predicted molar refractivity (Wildman–Crippen MR) is 66.7 cm³/mol. The maximum absolute atomic E-state index is 11.3. The molecule has 2 rings (SSSR count). The van der Waals surface area contributed by atoms with Crippen LogP contribution in [0.1, 0.15) is 30.3 Å². The standard InChI is InChI=1S/C12H17N3O4/c1-2-18-11(17)9-7-19-12(15-9)14-6-5-13-10(16)8-3-4-8/h7-8H,2-6H2,1H3,(H,13,16)(H,14,15). The topological polar surface area (TPSA) is 93.5 Å². The van der Waals surface area contributed by atoms with Gasteiger partial charge in [-0.15, -0.1) is 0 Å². The van der Waals surface area contributed by atoms with Gasteiger partial charge in [-0.25, -0.2) is 4.79 Å². The molecule has 7 nitrogen and oxygen atoms in total. The summed E-state index contributed by atoms with van der Waals surface area (Å²) >= 11 is 0. The molecule has 7 heteroatoms. The van der Waals surface area contributed by atoms with E-state index in [1.807, 2.05) is 0 Å². The Hall–Kier alpha value is -2.05. The molecule has 19 heavy (non-hydrogen) atoms. The largest absolute Gasteiger partial charge is 0.461 e. The first-order valence-corrected chi connectivity index (χ1v) is 6.35. The third kappa shape index (κ3) is 3.97. The zero-order chi connectivity index (χ0) is 13.7. The number of rotatable bonds is 7. The number of hydrogen-bond acceptors (Lipinski definition) is 6. The van der Waals surface area contributed by atoms with Crippen LogP contribution >= 0.6 is 0 Å². The molecule has 1 fully saturated rings. The van der Waals surface area contributed by atoms with Crippen LogP contribution in [0.15, 0.2) is 10.7 Å². The Morgan fingerprint density at radius 2 is 2.26 bits per heavy atom. The van der Waals surface area contributed by atoms with Crippen molar-refractivity contribution in [3.8, 4) is 0 Å². The molecule has 2 N–H and O–H groups in total. The van der Waals surface area contributed by atoms with Gasteiger partial charge in [0.15, 0.2) is 5.69 Å². The first-order valence-electron chi connectivity index (χ1n) is 6.35. The van der Waals surface area contributed by atoms with Gasteiger partial charge in [0, 0.05) is 19.0 Å². The quantitative estimate of drug-likeness (QED) is 0.560. The lowest BCUT2D eigenvalue weighted by molar-refractivity contribution is -0.122. The first kappa shape index (κ1) is 13.4. The smallest absolute Gasteiger partial charge is 0.360 e. The molecular weight excluding hydrogens is 250 g/mol. The van der Waals surface area contributed by atoms with E-state index < -0.39 is 5.97 Å². The molecule has 1 saturated carbocycles. The lowest BCUT2D eigenvalue weighted by atomic mass is 10.4. The molecule has 104 valence electrons. The van der Waals surface area contributed by atoms with Gasteiger partial charge in [0.2, 0.25) is 5.91 Å². The molecule has 0 spiro atoms. The zero-order valence-corrected chi connectivity index (χ0v) is 10.8. The van der Waals surface area contributed by atoms with Crippen LogP contribution in [0, 0.1) is 5.92 Å². The fraction of sp³-hybridized carbons (Fsp3) is 0.583. The minimum absolute atomic E-state index is 0.0985. The van der Waals surface area contributed by atoms with Gasteiger partial charge in [-0.05, 0) is 19.8 Å². The van der Waals surface area contributed by atoms with Crippen molar-refractivity contribution in [2.24, 2.45) is 5.92 Å². The molecule has 1 aromatic rings. The highest BCUT2D eigenvalue weighted by Crippen LogP contribution is 2.28. The minimum atomic E-state index is -0.513. The maximum Gasteiger partial charge on any atom is 0.360 e. The van der Waals surface area contributed by atoms with E-state index in [0.29, 0.717) is 19.7 Å². The number of nitrogens with one attached hydrogen (secondary N) is 2. The number of oxazole rings is 1. The van der Waals surface area contributed by atoms with Gasteiger partial charge in [0.05, 0.1) is 6.61 Å². The molecule has 0 unspecified atom stereocenters. The number of amides is 1. The van der Waals surface area contributed by atoms with Crippen molar-refractivity contribution in [2.75, 3.05) is 25.0 Å². The van der Waals surface area contributed by atoms with Crippen molar-refractivity contribution >= 4 is 17.9 Å². The Kier molecular flexibility index (Phi) is 4.38. The normalized spacial score (nSPS) is 13.9. The highest BCUT2D eigenvalue weighted by molar-refractivity contribution is 5.87. The summed E-state index contributed by atoms with van der Waals surface area (Å²) in [6.07, 6.45) is 3.22. The third-order valence-electron chi connectivity index (χ3n) is 2.64. The monoisotopic (exact) mass is 267 g/mol. The summed E-state index contributed by atoms with van der Waals surface area (Å²) in [6, 6.07) is 0.240. The van der Waals surface area contributed by atoms with Gasteiger partial charge in [-0.1, -0.05) is 0 Å². The van der Waals surface area contributed by atoms with E-state index in [4.69, 9.17) is 9.15 Å². The fourth-order valence-corrected chi connectivity index (χ4v) is 1.50. The summed E-state index contributed by atoms with van der Waals surface area (Å²) in [5.41, 5.74) is 0.131.